The fourth-order valence-corrected chi connectivity index (χ4v) is 2.64. The van der Waals surface area contributed by atoms with Gasteiger partial charge in [-0.3, -0.25) is 9.36 Å². The standard InChI is InChI=1S/C16H27N5O/c1-5-6-7-20-14(4)16(11-18-20)17-10-15-12(2)19-21(8-9-22)13(15)3/h11,17,22H,5-10H2,1-4H3. The zero-order valence-corrected chi connectivity index (χ0v) is 14.1. The summed E-state index contributed by atoms with van der Waals surface area (Å²) in [4.78, 5) is 0. The van der Waals surface area contributed by atoms with E-state index in [1.54, 1.807) is 0 Å². The van der Waals surface area contributed by atoms with Crippen LogP contribution in [0, 0.1) is 20.8 Å². The molecule has 0 saturated heterocycles. The van der Waals surface area contributed by atoms with Gasteiger partial charge < -0.3 is 10.4 Å². The van der Waals surface area contributed by atoms with E-state index in [1.165, 1.54) is 17.7 Å². The Morgan fingerprint density at radius 3 is 2.59 bits per heavy atom. The molecular weight excluding hydrogens is 278 g/mol. The number of nitrogens with one attached hydrogen (secondary N) is 1. The number of nitrogens with zero attached hydrogens (tertiary/aromatic N) is 4. The van der Waals surface area contributed by atoms with Gasteiger partial charge in [0.05, 0.1) is 36.4 Å². The number of rotatable bonds is 8. The van der Waals surface area contributed by atoms with Gasteiger partial charge >= 0.3 is 0 Å². The number of hydrogen-bond donors (Lipinski definition) is 2. The normalized spacial score (nSPS) is 11.1. The first-order chi connectivity index (χ1) is 10.6. The summed E-state index contributed by atoms with van der Waals surface area (Å²) in [5.41, 5.74) is 5.55. The lowest BCUT2D eigenvalue weighted by Crippen LogP contribution is -2.07. The molecule has 2 heterocycles. The minimum absolute atomic E-state index is 0.109. The minimum Gasteiger partial charge on any atom is -0.394 e. The number of aliphatic hydroxyl groups is 1. The van der Waals surface area contributed by atoms with Crippen molar-refractivity contribution in [2.45, 2.75) is 60.2 Å². The predicted octanol–water partition coefficient (Wildman–Crippen LogP) is 2.41. The van der Waals surface area contributed by atoms with Gasteiger partial charge in [-0.25, -0.2) is 0 Å². The molecule has 122 valence electrons. The number of unbranched alkanes of at least 4 members (excludes halogenated alkanes) is 1. The van der Waals surface area contributed by atoms with Crippen LogP contribution in [0.25, 0.3) is 0 Å². The average molecular weight is 305 g/mol. The zero-order chi connectivity index (χ0) is 16.1. The van der Waals surface area contributed by atoms with Crippen molar-refractivity contribution in [1.82, 2.24) is 19.6 Å². The molecule has 2 aromatic heterocycles. The Morgan fingerprint density at radius 2 is 1.91 bits per heavy atom. The fraction of sp³-hybridized carbons (Fsp3) is 0.625. The maximum atomic E-state index is 9.07. The third-order valence-electron chi connectivity index (χ3n) is 4.13. The second-order valence-corrected chi connectivity index (χ2v) is 5.67. The smallest absolute Gasteiger partial charge is 0.0758 e. The molecule has 6 heteroatoms. The molecule has 0 fully saturated rings. The van der Waals surface area contributed by atoms with E-state index < -0.39 is 0 Å². The molecule has 0 unspecified atom stereocenters. The fourth-order valence-electron chi connectivity index (χ4n) is 2.64. The number of aryl methyl sites for hydroxylation is 2. The van der Waals surface area contributed by atoms with Crippen molar-refractivity contribution in [3.63, 3.8) is 0 Å². The predicted molar refractivity (Wildman–Crippen MR) is 88.0 cm³/mol. The van der Waals surface area contributed by atoms with Crippen LogP contribution in [0.2, 0.25) is 0 Å². The van der Waals surface area contributed by atoms with Crippen molar-refractivity contribution in [3.8, 4) is 0 Å². The minimum atomic E-state index is 0.109. The van der Waals surface area contributed by atoms with Crippen LogP contribution in [0.1, 0.15) is 42.4 Å². The second kappa shape index (κ2) is 7.45. The summed E-state index contributed by atoms with van der Waals surface area (Å²) >= 11 is 0. The van der Waals surface area contributed by atoms with Crippen molar-refractivity contribution in [3.05, 3.63) is 28.8 Å². The zero-order valence-electron chi connectivity index (χ0n) is 14.1. The summed E-state index contributed by atoms with van der Waals surface area (Å²) in [5.74, 6) is 0. The van der Waals surface area contributed by atoms with Crippen molar-refractivity contribution >= 4 is 5.69 Å². The molecule has 0 aliphatic rings. The van der Waals surface area contributed by atoms with Crippen LogP contribution in [0.3, 0.4) is 0 Å². The summed E-state index contributed by atoms with van der Waals surface area (Å²) in [6.07, 6.45) is 4.21. The van der Waals surface area contributed by atoms with E-state index in [2.05, 4.69) is 34.0 Å². The van der Waals surface area contributed by atoms with Crippen molar-refractivity contribution in [2.75, 3.05) is 11.9 Å². The molecule has 0 amide bonds. The van der Waals surface area contributed by atoms with Crippen LogP contribution in [0.15, 0.2) is 6.20 Å². The van der Waals surface area contributed by atoms with Gasteiger partial charge in [-0.1, -0.05) is 13.3 Å². The highest BCUT2D eigenvalue weighted by Crippen LogP contribution is 2.18. The van der Waals surface area contributed by atoms with Gasteiger partial charge in [-0.05, 0) is 27.2 Å². The molecule has 2 aromatic rings. The highest BCUT2D eigenvalue weighted by Gasteiger charge is 2.12. The molecule has 22 heavy (non-hydrogen) atoms. The monoisotopic (exact) mass is 305 g/mol. The summed E-state index contributed by atoms with van der Waals surface area (Å²) in [6, 6.07) is 0. The molecule has 2 N–H and O–H groups in total. The third-order valence-corrected chi connectivity index (χ3v) is 4.13. The second-order valence-electron chi connectivity index (χ2n) is 5.67. The van der Waals surface area contributed by atoms with E-state index in [0.29, 0.717) is 6.54 Å². The van der Waals surface area contributed by atoms with Crippen molar-refractivity contribution in [1.29, 1.82) is 0 Å². The molecule has 0 aromatic carbocycles. The van der Waals surface area contributed by atoms with E-state index in [-0.39, 0.29) is 6.61 Å². The Bertz CT molecular complexity index is 614. The highest BCUT2D eigenvalue weighted by molar-refractivity contribution is 5.47. The molecule has 0 aliphatic heterocycles. The highest BCUT2D eigenvalue weighted by atomic mass is 16.3. The first-order valence-corrected chi connectivity index (χ1v) is 7.98. The largest absolute Gasteiger partial charge is 0.394 e. The molecule has 2 rings (SSSR count). The summed E-state index contributed by atoms with van der Waals surface area (Å²) in [5, 5.41) is 21.5. The lowest BCUT2D eigenvalue weighted by Gasteiger charge is -2.08. The maximum Gasteiger partial charge on any atom is 0.0758 e. The van der Waals surface area contributed by atoms with Crippen LogP contribution in [0.4, 0.5) is 5.69 Å². The number of aromatic nitrogens is 4. The molecule has 0 radical (unpaired) electrons. The Kier molecular flexibility index (Phi) is 5.60. The van der Waals surface area contributed by atoms with Gasteiger partial charge in [0.2, 0.25) is 0 Å². The number of aliphatic hydroxyl groups excluding tert-OH is 1. The number of hydrogen-bond acceptors (Lipinski definition) is 4. The molecular formula is C16H27N5O. The molecule has 0 saturated carbocycles. The molecule has 0 aliphatic carbocycles. The van der Waals surface area contributed by atoms with Gasteiger partial charge in [-0.2, -0.15) is 10.2 Å². The first-order valence-electron chi connectivity index (χ1n) is 7.98. The maximum absolute atomic E-state index is 9.07. The Hall–Kier alpha value is -1.82. The quantitative estimate of drug-likeness (QED) is 0.786. The molecule has 0 bridgehead atoms. The van der Waals surface area contributed by atoms with Crippen LogP contribution in [0.5, 0.6) is 0 Å². The summed E-state index contributed by atoms with van der Waals surface area (Å²) in [7, 11) is 0. The van der Waals surface area contributed by atoms with Gasteiger partial charge in [-0.15, -0.1) is 0 Å². The van der Waals surface area contributed by atoms with Crippen LogP contribution < -0.4 is 5.32 Å². The Labute approximate surface area is 132 Å². The topological polar surface area (TPSA) is 67.9 Å². The Balaban J connectivity index is 2.06. The lowest BCUT2D eigenvalue weighted by molar-refractivity contribution is 0.268. The van der Waals surface area contributed by atoms with Crippen LogP contribution in [-0.2, 0) is 19.6 Å². The lowest BCUT2D eigenvalue weighted by atomic mass is 10.2. The van der Waals surface area contributed by atoms with Crippen molar-refractivity contribution in [2.24, 2.45) is 0 Å². The van der Waals surface area contributed by atoms with Gasteiger partial charge in [0.15, 0.2) is 0 Å². The van der Waals surface area contributed by atoms with Crippen LogP contribution >= 0.6 is 0 Å². The van der Waals surface area contributed by atoms with E-state index in [0.717, 1.165) is 36.6 Å². The average Bonchev–Trinajstić information content (AvgIpc) is 2.97. The first kappa shape index (κ1) is 16.5. The van der Waals surface area contributed by atoms with Crippen molar-refractivity contribution < 1.29 is 5.11 Å². The van der Waals surface area contributed by atoms with E-state index in [1.807, 2.05) is 24.7 Å². The Morgan fingerprint density at radius 1 is 1.14 bits per heavy atom. The summed E-state index contributed by atoms with van der Waals surface area (Å²) < 4.78 is 3.92. The molecule has 0 spiro atoms. The van der Waals surface area contributed by atoms with E-state index >= 15 is 0 Å². The van der Waals surface area contributed by atoms with Crippen LogP contribution in [-0.4, -0.2) is 31.3 Å². The SMILES string of the molecule is CCCCn1ncc(NCc2c(C)nn(CCO)c2C)c1C. The number of anilines is 1. The molecule has 6 nitrogen and oxygen atoms in total. The van der Waals surface area contributed by atoms with Gasteiger partial charge in [0, 0.05) is 24.3 Å². The molecule has 0 atom stereocenters. The summed E-state index contributed by atoms with van der Waals surface area (Å²) in [6.45, 7) is 10.7. The van der Waals surface area contributed by atoms with Gasteiger partial charge in [0.25, 0.3) is 0 Å². The van der Waals surface area contributed by atoms with E-state index in [4.69, 9.17) is 5.11 Å². The third kappa shape index (κ3) is 3.50. The van der Waals surface area contributed by atoms with E-state index in [9.17, 15) is 0 Å². The van der Waals surface area contributed by atoms with Gasteiger partial charge in [0.1, 0.15) is 0 Å².